The van der Waals surface area contributed by atoms with Crippen molar-refractivity contribution in [1.82, 2.24) is 4.90 Å². The zero-order valence-electron chi connectivity index (χ0n) is 17.9. The molecule has 3 aromatic carbocycles. The first-order chi connectivity index (χ1) is 14.7. The van der Waals surface area contributed by atoms with Crippen LogP contribution in [-0.2, 0) is 6.54 Å². The Morgan fingerprint density at radius 2 is 1.37 bits per heavy atom. The van der Waals surface area contributed by atoms with Crippen molar-refractivity contribution in [2.75, 3.05) is 34.4 Å². The molecule has 3 aromatic rings. The van der Waals surface area contributed by atoms with Crippen LogP contribution in [0.2, 0.25) is 0 Å². The van der Waals surface area contributed by atoms with E-state index in [0.29, 0.717) is 6.61 Å². The van der Waals surface area contributed by atoms with Crippen LogP contribution < -0.4 is 14.2 Å². The molecule has 156 valence electrons. The van der Waals surface area contributed by atoms with Crippen molar-refractivity contribution in [3.8, 4) is 17.2 Å². The first-order valence-electron chi connectivity index (χ1n) is 10.0. The Hall–Kier alpha value is -3.24. The number of rotatable bonds is 10. The third-order valence-electron chi connectivity index (χ3n) is 4.76. The second-order valence-corrected chi connectivity index (χ2v) is 7.12. The summed E-state index contributed by atoms with van der Waals surface area (Å²) in [5.74, 6) is 2.42. The summed E-state index contributed by atoms with van der Waals surface area (Å²) < 4.78 is 16.5. The van der Waals surface area contributed by atoms with Gasteiger partial charge in [0.1, 0.15) is 23.9 Å². The fourth-order valence-electron chi connectivity index (χ4n) is 3.09. The minimum Gasteiger partial charge on any atom is -0.497 e. The second-order valence-electron chi connectivity index (χ2n) is 7.12. The molecule has 0 atom stereocenters. The molecule has 4 nitrogen and oxygen atoms in total. The van der Waals surface area contributed by atoms with E-state index in [9.17, 15) is 0 Å². The van der Waals surface area contributed by atoms with Crippen molar-refractivity contribution in [2.24, 2.45) is 0 Å². The molecule has 0 aliphatic heterocycles. The Labute approximate surface area is 179 Å². The number of ether oxygens (including phenoxy) is 3. The summed E-state index contributed by atoms with van der Waals surface area (Å²) in [5.41, 5.74) is 3.43. The molecular weight excluding hydrogens is 374 g/mol. The maximum Gasteiger partial charge on any atom is 0.123 e. The Bertz CT molecular complexity index is 914. The first kappa shape index (κ1) is 21.5. The smallest absolute Gasteiger partial charge is 0.123 e. The highest BCUT2D eigenvalue weighted by atomic mass is 16.5. The molecule has 30 heavy (non-hydrogen) atoms. The highest BCUT2D eigenvalue weighted by Gasteiger charge is 2.02. The molecule has 0 aliphatic carbocycles. The molecule has 0 unspecified atom stereocenters. The van der Waals surface area contributed by atoms with Gasteiger partial charge in [-0.05, 0) is 48.0 Å². The summed E-state index contributed by atoms with van der Waals surface area (Å²) in [6.45, 7) is 2.44. The van der Waals surface area contributed by atoms with Crippen LogP contribution in [0, 0.1) is 0 Å². The zero-order valence-corrected chi connectivity index (χ0v) is 17.9. The van der Waals surface area contributed by atoms with E-state index < -0.39 is 0 Å². The third-order valence-corrected chi connectivity index (χ3v) is 4.76. The van der Waals surface area contributed by atoms with Crippen molar-refractivity contribution in [3.05, 3.63) is 89.5 Å². The number of benzene rings is 3. The van der Waals surface area contributed by atoms with Gasteiger partial charge >= 0.3 is 0 Å². The molecule has 0 radical (unpaired) electrons. The zero-order chi connectivity index (χ0) is 21.2. The van der Waals surface area contributed by atoms with Crippen LogP contribution in [0.15, 0.2) is 72.8 Å². The van der Waals surface area contributed by atoms with E-state index in [2.05, 4.69) is 54.4 Å². The molecule has 0 heterocycles. The van der Waals surface area contributed by atoms with Crippen LogP contribution in [0.3, 0.4) is 0 Å². The van der Waals surface area contributed by atoms with E-state index in [1.165, 1.54) is 5.56 Å². The van der Waals surface area contributed by atoms with E-state index >= 15 is 0 Å². The van der Waals surface area contributed by atoms with Gasteiger partial charge in [0.2, 0.25) is 0 Å². The number of methoxy groups -OCH3 is 2. The highest BCUT2D eigenvalue weighted by molar-refractivity contribution is 5.71. The number of hydrogen-bond donors (Lipinski definition) is 0. The number of likely N-dealkylation sites (N-methyl/N-ethyl adjacent to an activating group) is 1. The van der Waals surface area contributed by atoms with Crippen LogP contribution in [0.1, 0.15) is 16.7 Å². The highest BCUT2D eigenvalue weighted by Crippen LogP contribution is 2.24. The van der Waals surface area contributed by atoms with E-state index in [4.69, 9.17) is 14.2 Å². The molecule has 0 aromatic heterocycles. The SMILES string of the molecule is COc1cc(/C=C/c2ccc(OCCN(C)Cc3ccccc3)cc2)cc(OC)c1. The fourth-order valence-corrected chi connectivity index (χ4v) is 3.09. The van der Waals surface area contributed by atoms with Crippen molar-refractivity contribution in [1.29, 1.82) is 0 Å². The van der Waals surface area contributed by atoms with Crippen LogP contribution in [0.25, 0.3) is 12.2 Å². The lowest BCUT2D eigenvalue weighted by molar-refractivity contribution is 0.233. The van der Waals surface area contributed by atoms with Crippen molar-refractivity contribution in [2.45, 2.75) is 6.54 Å². The summed E-state index contributed by atoms with van der Waals surface area (Å²) in [6, 6.07) is 24.4. The van der Waals surface area contributed by atoms with Crippen molar-refractivity contribution < 1.29 is 14.2 Å². The molecule has 0 saturated carbocycles. The lowest BCUT2D eigenvalue weighted by Crippen LogP contribution is -2.23. The van der Waals surface area contributed by atoms with E-state index in [1.54, 1.807) is 14.2 Å². The first-order valence-corrected chi connectivity index (χ1v) is 10.0. The van der Waals surface area contributed by atoms with Crippen LogP contribution in [-0.4, -0.2) is 39.3 Å². The van der Waals surface area contributed by atoms with Gasteiger partial charge in [0.25, 0.3) is 0 Å². The molecule has 0 N–H and O–H groups in total. The van der Waals surface area contributed by atoms with Gasteiger partial charge in [0.05, 0.1) is 14.2 Å². The molecule has 0 spiro atoms. The average Bonchev–Trinajstić information content (AvgIpc) is 2.79. The normalized spacial score (nSPS) is 11.1. The quantitative estimate of drug-likeness (QED) is 0.425. The molecule has 0 saturated heterocycles. The van der Waals surface area contributed by atoms with Gasteiger partial charge in [-0.3, -0.25) is 4.90 Å². The van der Waals surface area contributed by atoms with E-state index in [1.807, 2.05) is 42.5 Å². The lowest BCUT2D eigenvalue weighted by atomic mass is 10.1. The van der Waals surface area contributed by atoms with Crippen molar-refractivity contribution >= 4 is 12.2 Å². The molecule has 0 aliphatic rings. The number of hydrogen-bond acceptors (Lipinski definition) is 4. The van der Waals surface area contributed by atoms with Gasteiger partial charge < -0.3 is 14.2 Å². The topological polar surface area (TPSA) is 30.9 Å². The number of nitrogens with zero attached hydrogens (tertiary/aromatic N) is 1. The van der Waals surface area contributed by atoms with Crippen LogP contribution in [0.5, 0.6) is 17.2 Å². The third kappa shape index (κ3) is 6.68. The lowest BCUT2D eigenvalue weighted by Gasteiger charge is -2.17. The van der Waals surface area contributed by atoms with Gasteiger partial charge in [-0.25, -0.2) is 0 Å². The standard InChI is InChI=1S/C26H29NO3/c1-27(20-22-7-5-4-6-8-22)15-16-30-24-13-11-21(12-14-24)9-10-23-17-25(28-2)19-26(18-23)29-3/h4-14,17-19H,15-16,20H2,1-3H3/b10-9+. The molecule has 4 heteroatoms. The van der Waals surface area contributed by atoms with Crippen molar-refractivity contribution in [3.63, 3.8) is 0 Å². The summed E-state index contributed by atoms with van der Waals surface area (Å²) in [7, 11) is 5.42. The molecule has 0 bridgehead atoms. The van der Waals surface area contributed by atoms with Gasteiger partial charge in [0, 0.05) is 19.2 Å². The van der Waals surface area contributed by atoms with E-state index in [-0.39, 0.29) is 0 Å². The van der Waals surface area contributed by atoms with Crippen LogP contribution in [0.4, 0.5) is 0 Å². The summed E-state index contributed by atoms with van der Waals surface area (Å²) in [4.78, 5) is 2.26. The monoisotopic (exact) mass is 403 g/mol. The Morgan fingerprint density at radius 1 is 0.733 bits per heavy atom. The van der Waals surface area contributed by atoms with Gasteiger partial charge in [-0.2, -0.15) is 0 Å². The minimum absolute atomic E-state index is 0.655. The molecule has 0 amide bonds. The Balaban J connectivity index is 1.49. The Kier molecular flexibility index (Phi) is 7.93. The van der Waals surface area contributed by atoms with Gasteiger partial charge in [-0.15, -0.1) is 0 Å². The maximum atomic E-state index is 5.89. The van der Waals surface area contributed by atoms with E-state index in [0.717, 1.165) is 41.5 Å². The molecular formula is C26H29NO3. The maximum absolute atomic E-state index is 5.89. The van der Waals surface area contributed by atoms with Gasteiger partial charge in [0.15, 0.2) is 0 Å². The van der Waals surface area contributed by atoms with Gasteiger partial charge in [-0.1, -0.05) is 54.6 Å². The summed E-state index contributed by atoms with van der Waals surface area (Å²) in [6.07, 6.45) is 4.10. The fraction of sp³-hybridized carbons (Fsp3) is 0.231. The molecule has 3 rings (SSSR count). The Morgan fingerprint density at radius 3 is 2.00 bits per heavy atom. The summed E-state index contributed by atoms with van der Waals surface area (Å²) in [5, 5.41) is 0. The average molecular weight is 404 g/mol. The predicted molar refractivity (Wildman–Crippen MR) is 123 cm³/mol. The molecule has 0 fully saturated rings. The summed E-state index contributed by atoms with van der Waals surface area (Å²) >= 11 is 0. The van der Waals surface area contributed by atoms with Crippen LogP contribution >= 0.6 is 0 Å². The minimum atomic E-state index is 0.655. The predicted octanol–water partition coefficient (Wildman–Crippen LogP) is 5.39. The largest absolute Gasteiger partial charge is 0.497 e. The second kappa shape index (κ2) is 11.1.